The highest BCUT2D eigenvalue weighted by Gasteiger charge is 2.23. The molecule has 19 heavy (non-hydrogen) atoms. The van der Waals surface area contributed by atoms with Gasteiger partial charge in [-0.15, -0.1) is 11.3 Å². The normalized spacial score (nSPS) is 11.7. The number of aromatic hydroxyl groups is 1. The van der Waals surface area contributed by atoms with Crippen LogP contribution in [0.1, 0.15) is 5.69 Å². The van der Waals surface area contributed by atoms with Crippen molar-refractivity contribution in [3.63, 3.8) is 0 Å². The second-order valence-electron chi connectivity index (χ2n) is 3.57. The number of sulfone groups is 1. The molecule has 0 aromatic carbocycles. The summed E-state index contributed by atoms with van der Waals surface area (Å²) in [5.41, 5.74) is 0.0570. The predicted octanol–water partition coefficient (Wildman–Crippen LogP) is 3.89. The zero-order valence-corrected chi connectivity index (χ0v) is 13.8. The summed E-state index contributed by atoms with van der Waals surface area (Å²) in [5, 5.41) is 9.66. The van der Waals surface area contributed by atoms with Crippen LogP contribution < -0.4 is 0 Å². The number of pyridine rings is 1. The fourth-order valence-corrected chi connectivity index (χ4v) is 5.23. The largest absolute Gasteiger partial charge is 0.506 e. The summed E-state index contributed by atoms with van der Waals surface area (Å²) in [6.45, 7) is 0. The summed E-state index contributed by atoms with van der Waals surface area (Å²) < 4.78 is 25.3. The number of thiophene rings is 1. The lowest BCUT2D eigenvalue weighted by Crippen LogP contribution is -2.06. The van der Waals surface area contributed by atoms with Gasteiger partial charge < -0.3 is 5.11 Å². The van der Waals surface area contributed by atoms with E-state index in [1.165, 1.54) is 18.3 Å². The summed E-state index contributed by atoms with van der Waals surface area (Å²) in [6, 6.07) is 2.67. The van der Waals surface area contributed by atoms with Crippen molar-refractivity contribution in [2.75, 3.05) is 0 Å². The Morgan fingerprint density at radius 1 is 1.37 bits per heavy atom. The van der Waals surface area contributed by atoms with Crippen LogP contribution in [0.25, 0.3) is 0 Å². The Morgan fingerprint density at radius 2 is 2.05 bits per heavy atom. The quantitative estimate of drug-likeness (QED) is 0.845. The van der Waals surface area contributed by atoms with Gasteiger partial charge in [0.2, 0.25) is 0 Å². The smallest absolute Gasteiger partial charge is 0.186 e. The van der Waals surface area contributed by atoms with Crippen molar-refractivity contribution in [3.05, 3.63) is 37.2 Å². The second-order valence-corrected chi connectivity index (χ2v) is 8.73. The van der Waals surface area contributed by atoms with Crippen LogP contribution in [-0.4, -0.2) is 18.5 Å². The Bertz CT molecular complexity index is 730. The van der Waals surface area contributed by atoms with Crippen LogP contribution in [0.4, 0.5) is 0 Å². The maximum atomic E-state index is 12.2. The maximum Gasteiger partial charge on any atom is 0.186 e. The summed E-state index contributed by atoms with van der Waals surface area (Å²) >= 11 is 15.7. The summed E-state index contributed by atoms with van der Waals surface area (Å²) in [5.74, 6) is -0.644. The molecule has 2 aromatic heterocycles. The van der Waals surface area contributed by atoms with Crippen molar-refractivity contribution in [3.8, 4) is 5.75 Å². The van der Waals surface area contributed by atoms with Crippen molar-refractivity contribution in [2.45, 2.75) is 10.6 Å². The molecule has 0 unspecified atom stereocenters. The monoisotopic (exact) mass is 401 g/mol. The zero-order chi connectivity index (χ0) is 14.2. The van der Waals surface area contributed by atoms with E-state index >= 15 is 0 Å². The third-order valence-electron chi connectivity index (χ3n) is 2.20. The van der Waals surface area contributed by atoms with Gasteiger partial charge in [0.25, 0.3) is 0 Å². The van der Waals surface area contributed by atoms with Crippen LogP contribution in [0, 0.1) is 0 Å². The molecule has 0 saturated heterocycles. The molecular weight excluding hydrogens is 397 g/mol. The average Bonchev–Trinajstić information content (AvgIpc) is 2.63. The van der Waals surface area contributed by atoms with Gasteiger partial charge in [-0.1, -0.05) is 23.2 Å². The van der Waals surface area contributed by atoms with Crippen LogP contribution in [-0.2, 0) is 15.6 Å². The van der Waals surface area contributed by atoms with Crippen LogP contribution >= 0.6 is 50.5 Å². The minimum Gasteiger partial charge on any atom is -0.506 e. The van der Waals surface area contributed by atoms with Crippen LogP contribution in [0.15, 0.2) is 27.7 Å². The standard InChI is InChI=1S/C10H6BrCl2NO3S2/c11-5-1-7(15)6(14-3-5)4-19(16,17)8-2-9(12)18-10(8)13/h1-3,15H,4H2. The summed E-state index contributed by atoms with van der Waals surface area (Å²) in [7, 11) is -3.70. The van der Waals surface area contributed by atoms with Crippen molar-refractivity contribution in [1.82, 2.24) is 4.98 Å². The lowest BCUT2D eigenvalue weighted by molar-refractivity contribution is 0.465. The van der Waals surface area contributed by atoms with E-state index in [0.29, 0.717) is 4.47 Å². The summed E-state index contributed by atoms with van der Waals surface area (Å²) in [6.07, 6.45) is 1.41. The van der Waals surface area contributed by atoms with Gasteiger partial charge in [0.05, 0.1) is 14.9 Å². The van der Waals surface area contributed by atoms with Crippen LogP contribution in [0.5, 0.6) is 5.75 Å². The van der Waals surface area contributed by atoms with Crippen molar-refractivity contribution >= 4 is 60.3 Å². The molecule has 0 radical (unpaired) electrons. The van der Waals surface area contributed by atoms with E-state index in [1.54, 1.807) is 0 Å². The molecule has 0 fully saturated rings. The number of rotatable bonds is 3. The fourth-order valence-electron chi connectivity index (χ4n) is 1.36. The predicted molar refractivity (Wildman–Crippen MR) is 78.8 cm³/mol. The topological polar surface area (TPSA) is 67.3 Å². The molecule has 2 aromatic rings. The molecule has 0 atom stereocenters. The van der Waals surface area contributed by atoms with Gasteiger partial charge in [0, 0.05) is 10.7 Å². The second kappa shape index (κ2) is 5.57. The van der Waals surface area contributed by atoms with E-state index in [-0.39, 0.29) is 25.0 Å². The van der Waals surface area contributed by atoms with E-state index in [1.807, 2.05) is 0 Å². The Kier molecular flexibility index (Phi) is 4.42. The van der Waals surface area contributed by atoms with Crippen molar-refractivity contribution in [1.29, 1.82) is 0 Å². The number of aromatic nitrogens is 1. The first-order valence-electron chi connectivity index (χ1n) is 4.80. The molecular formula is C10H6BrCl2NO3S2. The van der Waals surface area contributed by atoms with Gasteiger partial charge >= 0.3 is 0 Å². The minimum atomic E-state index is -3.70. The van der Waals surface area contributed by atoms with Crippen LogP contribution in [0.3, 0.4) is 0 Å². The molecule has 0 spiro atoms. The van der Waals surface area contributed by atoms with Gasteiger partial charge in [-0.3, -0.25) is 4.98 Å². The fraction of sp³-hybridized carbons (Fsp3) is 0.100. The molecule has 9 heteroatoms. The van der Waals surface area contributed by atoms with Gasteiger partial charge in [-0.2, -0.15) is 0 Å². The number of halogens is 3. The maximum absolute atomic E-state index is 12.2. The van der Waals surface area contributed by atoms with E-state index in [2.05, 4.69) is 20.9 Å². The molecule has 0 bridgehead atoms. The molecule has 0 aliphatic heterocycles. The zero-order valence-electron chi connectivity index (χ0n) is 9.10. The molecule has 4 nitrogen and oxygen atoms in total. The molecule has 2 heterocycles. The molecule has 102 valence electrons. The van der Waals surface area contributed by atoms with E-state index in [4.69, 9.17) is 23.2 Å². The highest BCUT2D eigenvalue weighted by molar-refractivity contribution is 9.10. The average molecular weight is 403 g/mol. The third-order valence-corrected chi connectivity index (χ3v) is 6.01. The van der Waals surface area contributed by atoms with Crippen molar-refractivity contribution in [2.24, 2.45) is 0 Å². The first-order valence-corrected chi connectivity index (χ1v) is 8.82. The Balaban J connectivity index is 2.39. The van der Waals surface area contributed by atoms with E-state index in [0.717, 1.165) is 11.3 Å². The van der Waals surface area contributed by atoms with Gasteiger partial charge in [0.1, 0.15) is 15.8 Å². The first-order chi connectivity index (χ1) is 8.79. The molecule has 1 N–H and O–H groups in total. The van der Waals surface area contributed by atoms with Gasteiger partial charge in [0.15, 0.2) is 9.84 Å². The SMILES string of the molecule is O=S(=O)(Cc1ncc(Br)cc1O)c1cc(Cl)sc1Cl. The number of hydrogen-bond donors (Lipinski definition) is 1. The molecule has 0 aliphatic carbocycles. The Hall–Kier alpha value is -0.340. The van der Waals surface area contributed by atoms with Gasteiger partial charge in [-0.05, 0) is 28.1 Å². The van der Waals surface area contributed by atoms with E-state index in [9.17, 15) is 13.5 Å². The van der Waals surface area contributed by atoms with Crippen LogP contribution in [0.2, 0.25) is 8.67 Å². The number of nitrogens with zero attached hydrogens (tertiary/aromatic N) is 1. The lowest BCUT2D eigenvalue weighted by Gasteiger charge is -2.05. The molecule has 0 saturated carbocycles. The van der Waals surface area contributed by atoms with E-state index < -0.39 is 15.6 Å². The Morgan fingerprint density at radius 3 is 2.58 bits per heavy atom. The van der Waals surface area contributed by atoms with Gasteiger partial charge in [-0.25, -0.2) is 8.42 Å². The summed E-state index contributed by atoms with van der Waals surface area (Å²) in [4.78, 5) is 3.83. The molecule has 2 rings (SSSR count). The lowest BCUT2D eigenvalue weighted by atomic mass is 10.3. The number of hydrogen-bond acceptors (Lipinski definition) is 5. The molecule has 0 aliphatic rings. The minimum absolute atomic E-state index is 0.0479. The molecule has 0 amide bonds. The van der Waals surface area contributed by atoms with Crippen molar-refractivity contribution < 1.29 is 13.5 Å². The Labute approximate surface area is 132 Å². The highest BCUT2D eigenvalue weighted by atomic mass is 79.9. The third kappa shape index (κ3) is 3.41. The highest BCUT2D eigenvalue weighted by Crippen LogP contribution is 2.36. The first kappa shape index (κ1) is 15.1.